The summed E-state index contributed by atoms with van der Waals surface area (Å²) in [6.07, 6.45) is 8.86. The molecule has 3 aromatic heterocycles. The molecule has 4 heterocycles. The Kier molecular flexibility index (Phi) is 4.82. The Morgan fingerprint density at radius 2 is 1.90 bits per heavy atom. The fourth-order valence-electron chi connectivity index (χ4n) is 4.12. The summed E-state index contributed by atoms with van der Waals surface area (Å²) in [6, 6.07) is 4.87. The molecule has 1 N–H and O–H groups in total. The molecule has 30 heavy (non-hydrogen) atoms. The van der Waals surface area contributed by atoms with Crippen molar-refractivity contribution in [3.8, 4) is 11.3 Å². The van der Waals surface area contributed by atoms with Crippen LogP contribution in [0.3, 0.4) is 0 Å². The lowest BCUT2D eigenvalue weighted by atomic mass is 9.99. The van der Waals surface area contributed by atoms with E-state index in [1.165, 1.54) is 12.8 Å². The number of aromatic nitrogens is 4. The zero-order chi connectivity index (χ0) is 20.8. The van der Waals surface area contributed by atoms with Gasteiger partial charge in [0, 0.05) is 48.7 Å². The second-order valence-corrected chi connectivity index (χ2v) is 8.74. The van der Waals surface area contributed by atoms with E-state index in [0.29, 0.717) is 11.1 Å². The van der Waals surface area contributed by atoms with Crippen molar-refractivity contribution < 1.29 is 0 Å². The van der Waals surface area contributed by atoms with E-state index in [9.17, 15) is 0 Å². The topological polar surface area (TPSA) is 66.8 Å². The van der Waals surface area contributed by atoms with Gasteiger partial charge in [0.05, 0.1) is 22.5 Å². The Morgan fingerprint density at radius 1 is 1.07 bits per heavy atom. The van der Waals surface area contributed by atoms with Gasteiger partial charge in [-0.1, -0.05) is 17.7 Å². The number of aryl methyl sites for hydroxylation is 2. The highest BCUT2D eigenvalue weighted by molar-refractivity contribution is 6.33. The maximum Gasteiger partial charge on any atom is 0.223 e. The van der Waals surface area contributed by atoms with Crippen molar-refractivity contribution in [2.24, 2.45) is 0 Å². The van der Waals surface area contributed by atoms with Gasteiger partial charge in [-0.15, -0.1) is 0 Å². The van der Waals surface area contributed by atoms with Crippen LogP contribution >= 0.6 is 11.6 Å². The van der Waals surface area contributed by atoms with E-state index < -0.39 is 0 Å². The molecule has 1 saturated carbocycles. The molecule has 0 aromatic carbocycles. The fourth-order valence-corrected chi connectivity index (χ4v) is 4.31. The van der Waals surface area contributed by atoms with E-state index >= 15 is 0 Å². The SMILES string of the molecule is Cc1cnc(-c2cc(N3CCc4nc(NC5CC5)ncc4[C@@H]3C)ncc2Cl)c(C)c1. The van der Waals surface area contributed by atoms with Gasteiger partial charge in [0.15, 0.2) is 0 Å². The molecule has 3 aromatic rings. The van der Waals surface area contributed by atoms with E-state index in [1.54, 1.807) is 6.20 Å². The molecule has 1 fully saturated rings. The number of hydrogen-bond acceptors (Lipinski definition) is 6. The highest BCUT2D eigenvalue weighted by atomic mass is 35.5. The number of fused-ring (bicyclic) bond motifs is 1. The van der Waals surface area contributed by atoms with Crippen LogP contribution in [-0.4, -0.2) is 32.5 Å². The van der Waals surface area contributed by atoms with Crippen LogP contribution in [0.15, 0.2) is 30.7 Å². The van der Waals surface area contributed by atoms with Gasteiger partial charge in [0.2, 0.25) is 5.95 Å². The van der Waals surface area contributed by atoms with Gasteiger partial charge in [-0.2, -0.15) is 0 Å². The van der Waals surface area contributed by atoms with Crippen molar-refractivity contribution in [3.63, 3.8) is 0 Å². The van der Waals surface area contributed by atoms with Gasteiger partial charge >= 0.3 is 0 Å². The molecule has 0 unspecified atom stereocenters. The summed E-state index contributed by atoms with van der Waals surface area (Å²) in [5, 5.41) is 4.01. The fraction of sp³-hybridized carbons (Fsp3) is 0.391. The van der Waals surface area contributed by atoms with Crippen molar-refractivity contribution in [1.82, 2.24) is 19.9 Å². The molecular weight excluding hydrogens is 396 g/mol. The van der Waals surface area contributed by atoms with Crippen molar-refractivity contribution >= 4 is 23.4 Å². The standard InChI is InChI=1S/C23H25ClN6/c1-13-8-14(2)22(26-10-13)17-9-21(25-12-19(17)24)30-7-6-20-18(15(30)3)11-27-23(29-20)28-16-4-5-16/h8-12,15-16H,4-7H2,1-3H3,(H,27,28,29)/t15-/m0/s1. The molecule has 0 spiro atoms. The average molecular weight is 421 g/mol. The summed E-state index contributed by atoms with van der Waals surface area (Å²) in [6.45, 7) is 7.14. The van der Waals surface area contributed by atoms with Gasteiger partial charge < -0.3 is 10.2 Å². The van der Waals surface area contributed by atoms with Crippen LogP contribution in [0, 0.1) is 13.8 Å². The van der Waals surface area contributed by atoms with Gasteiger partial charge in [0.25, 0.3) is 0 Å². The number of halogens is 1. The molecule has 2 aliphatic rings. The van der Waals surface area contributed by atoms with E-state index in [0.717, 1.165) is 58.4 Å². The highest BCUT2D eigenvalue weighted by Crippen LogP contribution is 2.36. The first-order valence-corrected chi connectivity index (χ1v) is 10.9. The van der Waals surface area contributed by atoms with Crippen LogP contribution in [0.2, 0.25) is 5.02 Å². The Morgan fingerprint density at radius 3 is 2.67 bits per heavy atom. The predicted molar refractivity (Wildman–Crippen MR) is 120 cm³/mol. The molecule has 6 nitrogen and oxygen atoms in total. The van der Waals surface area contributed by atoms with Crippen molar-refractivity contribution in [2.75, 3.05) is 16.8 Å². The van der Waals surface area contributed by atoms with Gasteiger partial charge in [-0.25, -0.2) is 15.0 Å². The molecular formula is C23H25ClN6. The first kappa shape index (κ1) is 19.2. The lowest BCUT2D eigenvalue weighted by molar-refractivity contribution is 0.602. The van der Waals surface area contributed by atoms with Gasteiger partial charge in [-0.05, 0) is 50.8 Å². The summed E-state index contributed by atoms with van der Waals surface area (Å²) < 4.78 is 0. The third-order valence-corrected chi connectivity index (χ3v) is 6.22. The molecule has 0 bridgehead atoms. The quantitative estimate of drug-likeness (QED) is 0.647. The predicted octanol–water partition coefficient (Wildman–Crippen LogP) is 4.90. The van der Waals surface area contributed by atoms with Crippen LogP contribution in [0.25, 0.3) is 11.3 Å². The molecule has 154 valence electrons. The Balaban J connectivity index is 1.46. The normalized spacial score (nSPS) is 18.3. The van der Waals surface area contributed by atoms with Gasteiger partial charge in [-0.3, -0.25) is 4.98 Å². The maximum atomic E-state index is 6.51. The average Bonchev–Trinajstić information content (AvgIpc) is 3.53. The summed E-state index contributed by atoms with van der Waals surface area (Å²) in [4.78, 5) is 20.9. The second kappa shape index (κ2) is 7.51. The number of hydrogen-bond donors (Lipinski definition) is 1. The van der Waals surface area contributed by atoms with Crippen LogP contribution in [-0.2, 0) is 6.42 Å². The molecule has 5 rings (SSSR count). The summed E-state index contributed by atoms with van der Waals surface area (Å²) in [5.41, 5.74) is 6.34. The van der Waals surface area contributed by atoms with E-state index in [2.05, 4.69) is 51.1 Å². The van der Waals surface area contributed by atoms with Crippen LogP contribution in [0.5, 0.6) is 0 Å². The first-order valence-electron chi connectivity index (χ1n) is 10.5. The van der Waals surface area contributed by atoms with Gasteiger partial charge in [0.1, 0.15) is 5.82 Å². The van der Waals surface area contributed by atoms with E-state index in [4.69, 9.17) is 16.6 Å². The maximum absolute atomic E-state index is 6.51. The number of nitrogens with zero attached hydrogens (tertiary/aromatic N) is 5. The molecule has 0 radical (unpaired) electrons. The smallest absolute Gasteiger partial charge is 0.223 e. The third-order valence-electron chi connectivity index (χ3n) is 5.92. The molecule has 0 amide bonds. The van der Waals surface area contributed by atoms with Crippen molar-refractivity contribution in [3.05, 3.63) is 58.1 Å². The largest absolute Gasteiger partial charge is 0.351 e. The monoisotopic (exact) mass is 420 g/mol. The lowest BCUT2D eigenvalue weighted by Crippen LogP contribution is -2.35. The minimum atomic E-state index is 0.136. The molecule has 1 aliphatic heterocycles. The molecule has 1 aliphatic carbocycles. The zero-order valence-corrected chi connectivity index (χ0v) is 18.2. The molecule has 0 saturated heterocycles. The lowest BCUT2D eigenvalue weighted by Gasteiger charge is -2.35. The van der Waals surface area contributed by atoms with Crippen LogP contribution in [0.1, 0.15) is 48.2 Å². The molecule has 7 heteroatoms. The summed E-state index contributed by atoms with van der Waals surface area (Å²) in [5.74, 6) is 1.65. The number of anilines is 2. The zero-order valence-electron chi connectivity index (χ0n) is 17.5. The van der Waals surface area contributed by atoms with Crippen molar-refractivity contribution in [1.29, 1.82) is 0 Å². The summed E-state index contributed by atoms with van der Waals surface area (Å²) in [7, 11) is 0. The van der Waals surface area contributed by atoms with Crippen LogP contribution < -0.4 is 10.2 Å². The number of rotatable bonds is 4. The minimum Gasteiger partial charge on any atom is -0.351 e. The number of pyridine rings is 2. The highest BCUT2D eigenvalue weighted by Gasteiger charge is 2.28. The minimum absolute atomic E-state index is 0.136. The summed E-state index contributed by atoms with van der Waals surface area (Å²) >= 11 is 6.51. The van der Waals surface area contributed by atoms with Crippen molar-refractivity contribution in [2.45, 2.75) is 52.1 Å². The van der Waals surface area contributed by atoms with Crippen LogP contribution in [0.4, 0.5) is 11.8 Å². The second-order valence-electron chi connectivity index (χ2n) is 8.33. The Hall–Kier alpha value is -2.73. The first-order chi connectivity index (χ1) is 14.5. The third kappa shape index (κ3) is 3.60. The Bertz CT molecular complexity index is 1110. The number of nitrogens with one attached hydrogen (secondary N) is 1. The van der Waals surface area contributed by atoms with E-state index in [-0.39, 0.29) is 6.04 Å². The molecule has 1 atom stereocenters. The Labute approximate surface area is 181 Å². The van der Waals surface area contributed by atoms with E-state index in [1.807, 2.05) is 19.3 Å².